The average Bonchev–Trinajstić information content (AvgIpc) is 3.10. The highest BCUT2D eigenvalue weighted by molar-refractivity contribution is 14.0. The lowest BCUT2D eigenvalue weighted by atomic mass is 9.99. The molecule has 1 aromatic rings. The van der Waals surface area contributed by atoms with Gasteiger partial charge in [-0.05, 0) is 31.2 Å². The molecule has 1 aliphatic heterocycles. The first-order valence-electron chi connectivity index (χ1n) is 8.89. The topological polar surface area (TPSA) is 54.9 Å². The van der Waals surface area contributed by atoms with E-state index >= 15 is 0 Å². The Morgan fingerprint density at radius 1 is 1.40 bits per heavy atom. The monoisotopic (exact) mass is 461 g/mol. The fourth-order valence-corrected chi connectivity index (χ4v) is 2.80. The van der Waals surface area contributed by atoms with Crippen LogP contribution in [0.15, 0.2) is 29.3 Å². The Morgan fingerprint density at radius 3 is 2.92 bits per heavy atom. The zero-order valence-corrected chi connectivity index (χ0v) is 17.9. The van der Waals surface area contributed by atoms with E-state index in [1.54, 1.807) is 7.05 Å². The van der Waals surface area contributed by atoms with Crippen LogP contribution in [0, 0.1) is 6.92 Å². The van der Waals surface area contributed by atoms with E-state index in [9.17, 15) is 0 Å². The van der Waals surface area contributed by atoms with Crippen LogP contribution in [0.4, 0.5) is 0 Å². The number of hydrogen-bond acceptors (Lipinski definition) is 3. The van der Waals surface area contributed by atoms with Gasteiger partial charge in [0.1, 0.15) is 0 Å². The van der Waals surface area contributed by atoms with Crippen LogP contribution in [0.1, 0.15) is 36.8 Å². The molecule has 0 amide bonds. The Bertz CT molecular complexity index is 519. The van der Waals surface area contributed by atoms with Crippen LogP contribution in [0.3, 0.4) is 0 Å². The van der Waals surface area contributed by atoms with E-state index < -0.39 is 0 Å². The van der Waals surface area contributed by atoms with Gasteiger partial charge in [0.25, 0.3) is 0 Å². The standard InChI is InChI=1S/C19H31N3O2.HI/c1-15-6-4-7-17(12-15)16(2)13-22-19(20-3)21-9-11-23-14-18-8-5-10-24-18;/h4,6-7,12,16,18H,5,8-11,13-14H2,1-3H3,(H2,20,21,22);1H. The number of nitrogens with one attached hydrogen (secondary N) is 2. The SMILES string of the molecule is CN=C(NCCOCC1CCCO1)NCC(C)c1cccc(C)c1.I. The summed E-state index contributed by atoms with van der Waals surface area (Å²) in [5.41, 5.74) is 2.64. The largest absolute Gasteiger partial charge is 0.377 e. The van der Waals surface area contributed by atoms with Gasteiger partial charge in [-0.2, -0.15) is 0 Å². The van der Waals surface area contributed by atoms with E-state index in [0.717, 1.165) is 38.5 Å². The number of halogens is 1. The molecular weight excluding hydrogens is 429 g/mol. The third kappa shape index (κ3) is 8.37. The smallest absolute Gasteiger partial charge is 0.191 e. The zero-order valence-electron chi connectivity index (χ0n) is 15.6. The van der Waals surface area contributed by atoms with Gasteiger partial charge in [-0.15, -0.1) is 24.0 Å². The molecule has 2 N–H and O–H groups in total. The lowest BCUT2D eigenvalue weighted by molar-refractivity contribution is 0.0191. The zero-order chi connectivity index (χ0) is 17.2. The molecule has 0 radical (unpaired) electrons. The lowest BCUT2D eigenvalue weighted by Crippen LogP contribution is -2.40. The molecule has 0 aliphatic carbocycles. The summed E-state index contributed by atoms with van der Waals surface area (Å²) in [6.45, 7) is 8.17. The van der Waals surface area contributed by atoms with Crippen molar-refractivity contribution in [2.24, 2.45) is 4.99 Å². The minimum Gasteiger partial charge on any atom is -0.377 e. The van der Waals surface area contributed by atoms with Gasteiger partial charge in [-0.25, -0.2) is 0 Å². The van der Waals surface area contributed by atoms with Crippen molar-refractivity contribution < 1.29 is 9.47 Å². The molecule has 5 nitrogen and oxygen atoms in total. The van der Waals surface area contributed by atoms with Crippen LogP contribution < -0.4 is 10.6 Å². The highest BCUT2D eigenvalue weighted by atomic mass is 127. The highest BCUT2D eigenvalue weighted by Crippen LogP contribution is 2.15. The molecule has 2 rings (SSSR count). The van der Waals surface area contributed by atoms with Crippen LogP contribution in [-0.2, 0) is 9.47 Å². The Labute approximate surface area is 169 Å². The summed E-state index contributed by atoms with van der Waals surface area (Å²) in [6, 6.07) is 8.65. The second-order valence-electron chi connectivity index (χ2n) is 6.41. The second-order valence-corrected chi connectivity index (χ2v) is 6.41. The van der Waals surface area contributed by atoms with Crippen molar-refractivity contribution in [2.75, 3.05) is 40.0 Å². The normalized spacial score (nSPS) is 18.5. The molecule has 0 spiro atoms. The first-order chi connectivity index (χ1) is 11.7. The summed E-state index contributed by atoms with van der Waals surface area (Å²) >= 11 is 0. The van der Waals surface area contributed by atoms with Crippen molar-refractivity contribution in [1.29, 1.82) is 0 Å². The summed E-state index contributed by atoms with van der Waals surface area (Å²) < 4.78 is 11.2. The number of benzene rings is 1. The summed E-state index contributed by atoms with van der Waals surface area (Å²) in [6.07, 6.45) is 2.56. The number of nitrogens with zero attached hydrogens (tertiary/aromatic N) is 1. The molecule has 25 heavy (non-hydrogen) atoms. The molecule has 1 aliphatic rings. The van der Waals surface area contributed by atoms with Crippen molar-refractivity contribution in [3.8, 4) is 0 Å². The van der Waals surface area contributed by atoms with Gasteiger partial charge >= 0.3 is 0 Å². The Balaban J connectivity index is 0.00000312. The number of aryl methyl sites for hydroxylation is 1. The average molecular weight is 461 g/mol. The molecule has 2 unspecified atom stereocenters. The molecule has 2 atom stereocenters. The van der Waals surface area contributed by atoms with Gasteiger partial charge in [0.05, 0.1) is 19.3 Å². The number of aliphatic imine (C=N–C) groups is 1. The van der Waals surface area contributed by atoms with Crippen molar-refractivity contribution in [2.45, 2.75) is 38.7 Å². The maximum Gasteiger partial charge on any atom is 0.191 e. The van der Waals surface area contributed by atoms with Crippen LogP contribution in [0.25, 0.3) is 0 Å². The highest BCUT2D eigenvalue weighted by Gasteiger charge is 2.15. The van der Waals surface area contributed by atoms with Crippen LogP contribution in [0.5, 0.6) is 0 Å². The van der Waals surface area contributed by atoms with E-state index in [2.05, 4.69) is 53.7 Å². The van der Waals surface area contributed by atoms with Crippen LogP contribution >= 0.6 is 24.0 Å². The molecule has 0 aromatic heterocycles. The second kappa shape index (κ2) is 12.5. The molecule has 1 fully saturated rings. The molecule has 142 valence electrons. The van der Waals surface area contributed by atoms with Gasteiger partial charge in [0.15, 0.2) is 5.96 Å². The van der Waals surface area contributed by atoms with Crippen LogP contribution in [0.2, 0.25) is 0 Å². The van der Waals surface area contributed by atoms with Crippen LogP contribution in [-0.4, -0.2) is 52.0 Å². The number of rotatable bonds is 8. The van der Waals surface area contributed by atoms with Crippen molar-refractivity contribution in [3.05, 3.63) is 35.4 Å². The molecule has 1 saturated heterocycles. The molecule has 0 saturated carbocycles. The Kier molecular flexibility index (Phi) is 11.1. The van der Waals surface area contributed by atoms with E-state index in [4.69, 9.17) is 9.47 Å². The van der Waals surface area contributed by atoms with Crippen molar-refractivity contribution in [3.63, 3.8) is 0 Å². The fraction of sp³-hybridized carbons (Fsp3) is 0.632. The van der Waals surface area contributed by atoms with E-state index in [-0.39, 0.29) is 30.1 Å². The minimum absolute atomic E-state index is 0. The predicted molar refractivity (Wildman–Crippen MR) is 114 cm³/mol. The van der Waals surface area contributed by atoms with Gasteiger partial charge in [0, 0.05) is 26.7 Å². The molecule has 1 aromatic carbocycles. The fourth-order valence-electron chi connectivity index (χ4n) is 2.80. The first kappa shape index (κ1) is 22.2. The first-order valence-corrected chi connectivity index (χ1v) is 8.89. The summed E-state index contributed by atoms with van der Waals surface area (Å²) in [4.78, 5) is 4.26. The predicted octanol–water partition coefficient (Wildman–Crippen LogP) is 3.08. The molecule has 1 heterocycles. The maximum atomic E-state index is 5.65. The Hall–Kier alpha value is -0.860. The maximum absolute atomic E-state index is 5.65. The van der Waals surface area contributed by atoms with E-state index in [1.165, 1.54) is 11.1 Å². The van der Waals surface area contributed by atoms with Gasteiger partial charge in [-0.3, -0.25) is 4.99 Å². The van der Waals surface area contributed by atoms with Crippen molar-refractivity contribution >= 4 is 29.9 Å². The Morgan fingerprint density at radius 2 is 2.24 bits per heavy atom. The van der Waals surface area contributed by atoms with Gasteiger partial charge < -0.3 is 20.1 Å². The summed E-state index contributed by atoms with van der Waals surface area (Å²) in [5.74, 6) is 1.24. The number of hydrogen-bond donors (Lipinski definition) is 2. The number of ether oxygens (including phenoxy) is 2. The lowest BCUT2D eigenvalue weighted by Gasteiger charge is -2.17. The quantitative estimate of drug-likeness (QED) is 0.271. The van der Waals surface area contributed by atoms with E-state index in [0.29, 0.717) is 19.1 Å². The number of guanidine groups is 1. The third-order valence-electron chi connectivity index (χ3n) is 4.28. The van der Waals surface area contributed by atoms with Gasteiger partial charge in [-0.1, -0.05) is 36.8 Å². The van der Waals surface area contributed by atoms with Crippen molar-refractivity contribution in [1.82, 2.24) is 10.6 Å². The van der Waals surface area contributed by atoms with E-state index in [1.807, 2.05) is 0 Å². The molecule has 0 bridgehead atoms. The third-order valence-corrected chi connectivity index (χ3v) is 4.28. The minimum atomic E-state index is 0. The summed E-state index contributed by atoms with van der Waals surface area (Å²) in [7, 11) is 1.79. The summed E-state index contributed by atoms with van der Waals surface area (Å²) in [5, 5.41) is 6.66. The molecular formula is C19H32IN3O2. The van der Waals surface area contributed by atoms with Gasteiger partial charge in [0.2, 0.25) is 0 Å². The molecule has 6 heteroatoms.